The molecular formula is C23H31NO2. The third-order valence-corrected chi connectivity index (χ3v) is 5.18. The Kier molecular flexibility index (Phi) is 6.98. The van der Waals surface area contributed by atoms with Crippen molar-refractivity contribution in [3.05, 3.63) is 71.8 Å². The number of esters is 1. The first-order chi connectivity index (χ1) is 12.3. The van der Waals surface area contributed by atoms with Crippen LogP contribution in [0.1, 0.15) is 44.7 Å². The van der Waals surface area contributed by atoms with Crippen molar-refractivity contribution in [2.45, 2.75) is 51.2 Å². The molecule has 0 spiro atoms. The van der Waals surface area contributed by atoms with Gasteiger partial charge in [0.1, 0.15) is 6.10 Å². The SMILES string of the molecule is CC(=O)OC(C)CC(C[C@H](C)N(C)C)(c1ccccc1)c1ccccc1. The Morgan fingerprint density at radius 2 is 1.38 bits per heavy atom. The van der Waals surface area contributed by atoms with Gasteiger partial charge in [-0.1, -0.05) is 60.7 Å². The van der Waals surface area contributed by atoms with Crippen molar-refractivity contribution in [1.29, 1.82) is 0 Å². The van der Waals surface area contributed by atoms with E-state index < -0.39 is 0 Å². The molecule has 0 saturated carbocycles. The molecule has 2 aromatic carbocycles. The maximum atomic E-state index is 11.5. The average molecular weight is 354 g/mol. The van der Waals surface area contributed by atoms with Gasteiger partial charge in [-0.15, -0.1) is 0 Å². The van der Waals surface area contributed by atoms with Crippen LogP contribution in [-0.2, 0) is 14.9 Å². The zero-order valence-corrected chi connectivity index (χ0v) is 16.6. The number of hydrogen-bond acceptors (Lipinski definition) is 3. The summed E-state index contributed by atoms with van der Waals surface area (Å²) in [5, 5.41) is 0. The summed E-state index contributed by atoms with van der Waals surface area (Å²) in [7, 11) is 4.22. The van der Waals surface area contributed by atoms with Crippen molar-refractivity contribution >= 4 is 5.97 Å². The van der Waals surface area contributed by atoms with Crippen molar-refractivity contribution in [3.63, 3.8) is 0 Å². The van der Waals surface area contributed by atoms with Crippen LogP contribution in [0.25, 0.3) is 0 Å². The Morgan fingerprint density at radius 3 is 1.77 bits per heavy atom. The first-order valence-corrected chi connectivity index (χ1v) is 9.30. The second kappa shape index (κ2) is 9.00. The minimum absolute atomic E-state index is 0.165. The van der Waals surface area contributed by atoms with E-state index in [1.54, 1.807) is 0 Å². The normalized spacial score (nSPS) is 14.1. The van der Waals surface area contributed by atoms with Gasteiger partial charge in [0.15, 0.2) is 0 Å². The maximum absolute atomic E-state index is 11.5. The number of hydrogen-bond donors (Lipinski definition) is 0. The van der Waals surface area contributed by atoms with E-state index in [1.807, 2.05) is 19.1 Å². The van der Waals surface area contributed by atoms with Gasteiger partial charge in [-0.25, -0.2) is 0 Å². The summed E-state index contributed by atoms with van der Waals surface area (Å²) in [6.45, 7) is 5.71. The van der Waals surface area contributed by atoms with Gasteiger partial charge in [0.05, 0.1) is 0 Å². The molecule has 2 rings (SSSR count). The number of carbonyl (C=O) groups is 1. The van der Waals surface area contributed by atoms with Gasteiger partial charge in [0.25, 0.3) is 0 Å². The zero-order chi connectivity index (χ0) is 19.2. The molecule has 140 valence electrons. The lowest BCUT2D eigenvalue weighted by Gasteiger charge is -2.40. The number of nitrogens with zero attached hydrogens (tertiary/aromatic N) is 1. The highest BCUT2D eigenvalue weighted by molar-refractivity contribution is 5.66. The van der Waals surface area contributed by atoms with E-state index in [1.165, 1.54) is 18.1 Å². The first-order valence-electron chi connectivity index (χ1n) is 9.30. The monoisotopic (exact) mass is 353 g/mol. The lowest BCUT2D eigenvalue weighted by atomic mass is 9.67. The summed E-state index contributed by atoms with van der Waals surface area (Å²) in [6, 6.07) is 21.6. The average Bonchev–Trinajstić information content (AvgIpc) is 2.61. The highest BCUT2D eigenvalue weighted by Crippen LogP contribution is 2.42. The Bertz CT molecular complexity index is 642. The second-order valence-electron chi connectivity index (χ2n) is 7.46. The molecule has 0 radical (unpaired) electrons. The first kappa shape index (κ1) is 20.2. The quantitative estimate of drug-likeness (QED) is 0.647. The third-order valence-electron chi connectivity index (χ3n) is 5.18. The summed E-state index contributed by atoms with van der Waals surface area (Å²) < 4.78 is 5.54. The molecule has 0 bridgehead atoms. The smallest absolute Gasteiger partial charge is 0.302 e. The van der Waals surface area contributed by atoms with Gasteiger partial charge in [-0.05, 0) is 51.9 Å². The van der Waals surface area contributed by atoms with E-state index >= 15 is 0 Å². The molecule has 3 heteroatoms. The molecule has 1 unspecified atom stereocenters. The van der Waals surface area contributed by atoms with E-state index in [2.05, 4.69) is 74.4 Å². The van der Waals surface area contributed by atoms with Gasteiger partial charge < -0.3 is 9.64 Å². The van der Waals surface area contributed by atoms with Crippen LogP contribution in [0.5, 0.6) is 0 Å². The van der Waals surface area contributed by atoms with Crippen LogP contribution < -0.4 is 0 Å². The molecule has 26 heavy (non-hydrogen) atoms. The maximum Gasteiger partial charge on any atom is 0.302 e. The molecular weight excluding hydrogens is 322 g/mol. The third kappa shape index (κ3) is 4.95. The van der Waals surface area contributed by atoms with Gasteiger partial charge in [-0.3, -0.25) is 4.79 Å². The molecule has 0 fully saturated rings. The van der Waals surface area contributed by atoms with E-state index in [9.17, 15) is 4.79 Å². The van der Waals surface area contributed by atoms with Crippen LogP contribution in [0.3, 0.4) is 0 Å². The Balaban J connectivity index is 2.56. The van der Waals surface area contributed by atoms with Crippen LogP contribution in [0.2, 0.25) is 0 Å². The van der Waals surface area contributed by atoms with Gasteiger partial charge in [0, 0.05) is 18.4 Å². The predicted molar refractivity (Wildman–Crippen MR) is 107 cm³/mol. The van der Waals surface area contributed by atoms with Gasteiger partial charge >= 0.3 is 5.97 Å². The lowest BCUT2D eigenvalue weighted by Crippen LogP contribution is -2.39. The molecule has 3 nitrogen and oxygen atoms in total. The van der Waals surface area contributed by atoms with Crippen LogP contribution in [-0.4, -0.2) is 37.1 Å². The van der Waals surface area contributed by atoms with Crippen molar-refractivity contribution in [2.75, 3.05) is 14.1 Å². The minimum Gasteiger partial charge on any atom is -0.463 e. The number of carbonyl (C=O) groups excluding carboxylic acids is 1. The second-order valence-corrected chi connectivity index (χ2v) is 7.46. The molecule has 0 N–H and O–H groups in total. The number of rotatable bonds is 8. The molecule has 0 aliphatic heterocycles. The highest BCUT2D eigenvalue weighted by Gasteiger charge is 2.38. The topological polar surface area (TPSA) is 29.5 Å². The van der Waals surface area contributed by atoms with Crippen molar-refractivity contribution in [2.24, 2.45) is 0 Å². The fourth-order valence-corrected chi connectivity index (χ4v) is 3.74. The fourth-order valence-electron chi connectivity index (χ4n) is 3.74. The van der Waals surface area contributed by atoms with Gasteiger partial charge in [-0.2, -0.15) is 0 Å². The standard InChI is InChI=1S/C23H31NO2/c1-18(24(4)5)16-23(17-19(2)26-20(3)25,21-12-8-6-9-13-21)22-14-10-7-11-15-22/h6-15,18-19H,16-17H2,1-5H3/t18-,19?/m0/s1. The molecule has 2 aromatic rings. The summed E-state index contributed by atoms with van der Waals surface area (Å²) in [4.78, 5) is 13.8. The zero-order valence-electron chi connectivity index (χ0n) is 16.6. The molecule has 2 atom stereocenters. The van der Waals surface area contributed by atoms with Crippen LogP contribution >= 0.6 is 0 Å². The Hall–Kier alpha value is -2.13. The van der Waals surface area contributed by atoms with Crippen molar-refractivity contribution in [1.82, 2.24) is 4.90 Å². The molecule has 0 saturated heterocycles. The minimum atomic E-state index is -0.229. The van der Waals surface area contributed by atoms with E-state index in [-0.39, 0.29) is 17.5 Å². The summed E-state index contributed by atoms with van der Waals surface area (Å²) in [5.41, 5.74) is 2.30. The molecule has 0 aliphatic carbocycles. The highest BCUT2D eigenvalue weighted by atomic mass is 16.5. The van der Waals surface area contributed by atoms with E-state index in [4.69, 9.17) is 4.74 Å². The Morgan fingerprint density at radius 1 is 0.923 bits per heavy atom. The van der Waals surface area contributed by atoms with Crippen molar-refractivity contribution in [3.8, 4) is 0 Å². The van der Waals surface area contributed by atoms with Crippen molar-refractivity contribution < 1.29 is 9.53 Å². The molecule has 0 heterocycles. The van der Waals surface area contributed by atoms with Gasteiger partial charge in [0.2, 0.25) is 0 Å². The van der Waals surface area contributed by atoms with E-state index in [0.717, 1.165) is 12.8 Å². The summed E-state index contributed by atoms with van der Waals surface area (Å²) in [6.07, 6.45) is 1.53. The fraction of sp³-hybridized carbons (Fsp3) is 0.435. The lowest BCUT2D eigenvalue weighted by molar-refractivity contribution is -0.146. The number of benzene rings is 2. The van der Waals surface area contributed by atoms with E-state index in [0.29, 0.717) is 6.04 Å². The molecule has 0 aromatic heterocycles. The summed E-state index contributed by atoms with van der Waals surface area (Å²) >= 11 is 0. The predicted octanol–water partition coefficient (Wildman–Crippen LogP) is 4.65. The largest absolute Gasteiger partial charge is 0.463 e. The Labute approximate surface area is 158 Å². The van der Waals surface area contributed by atoms with Crippen LogP contribution in [0.15, 0.2) is 60.7 Å². The molecule has 0 amide bonds. The van der Waals surface area contributed by atoms with Crippen LogP contribution in [0.4, 0.5) is 0 Å². The summed E-state index contributed by atoms with van der Waals surface area (Å²) in [5.74, 6) is -0.229. The number of ether oxygens (including phenoxy) is 1. The van der Waals surface area contributed by atoms with Crippen LogP contribution in [0, 0.1) is 0 Å². The molecule has 0 aliphatic rings.